The van der Waals surface area contributed by atoms with E-state index < -0.39 is 5.97 Å². The molecule has 0 aliphatic heterocycles. The van der Waals surface area contributed by atoms with Crippen molar-refractivity contribution in [3.8, 4) is 0 Å². The maximum absolute atomic E-state index is 10.3. The number of aliphatic hydroxyl groups excluding tert-OH is 1. The molecule has 0 aromatic heterocycles. The van der Waals surface area contributed by atoms with Gasteiger partial charge in [0.1, 0.15) is 0 Å². The van der Waals surface area contributed by atoms with Gasteiger partial charge in [0.15, 0.2) is 0 Å². The van der Waals surface area contributed by atoms with E-state index in [1.165, 1.54) is 12.8 Å². The second-order valence-electron chi connectivity index (χ2n) is 4.87. The Balaban J connectivity index is 3.54. The van der Waals surface area contributed by atoms with Crippen molar-refractivity contribution in [2.24, 2.45) is 0 Å². The van der Waals surface area contributed by atoms with Crippen LogP contribution in [-0.2, 0) is 4.79 Å². The van der Waals surface area contributed by atoms with E-state index in [-0.39, 0.29) is 12.5 Å². The first-order chi connectivity index (χ1) is 9.66. The fourth-order valence-corrected chi connectivity index (χ4v) is 1.71. The molecule has 0 aromatic carbocycles. The largest absolute Gasteiger partial charge is 0.481 e. The second-order valence-corrected chi connectivity index (χ2v) is 4.87. The Labute approximate surface area is 122 Å². The molecule has 0 radical (unpaired) electrons. The zero-order valence-corrected chi connectivity index (χ0v) is 12.5. The summed E-state index contributed by atoms with van der Waals surface area (Å²) < 4.78 is 0. The monoisotopic (exact) mass is 280 g/mol. The van der Waals surface area contributed by atoms with Gasteiger partial charge in [0.2, 0.25) is 0 Å². The first kappa shape index (κ1) is 18.7. The van der Waals surface area contributed by atoms with Gasteiger partial charge in [0, 0.05) is 6.42 Å². The fourth-order valence-electron chi connectivity index (χ4n) is 1.71. The second kappa shape index (κ2) is 14.1. The van der Waals surface area contributed by atoms with Crippen molar-refractivity contribution in [1.82, 2.24) is 0 Å². The van der Waals surface area contributed by atoms with E-state index in [1.54, 1.807) is 0 Å². The lowest BCUT2D eigenvalue weighted by molar-refractivity contribution is -0.137. The number of aliphatic carboxylic acids is 1. The van der Waals surface area contributed by atoms with Crippen molar-refractivity contribution >= 4 is 5.97 Å². The van der Waals surface area contributed by atoms with Crippen LogP contribution >= 0.6 is 0 Å². The molecular formula is C17H28O3. The molecule has 1 atom stereocenters. The molecule has 3 nitrogen and oxygen atoms in total. The van der Waals surface area contributed by atoms with Gasteiger partial charge in [-0.25, -0.2) is 0 Å². The first-order valence-electron chi connectivity index (χ1n) is 7.55. The number of carboxylic acid groups (broad SMARTS) is 1. The summed E-state index contributed by atoms with van der Waals surface area (Å²) in [5.41, 5.74) is 0. The van der Waals surface area contributed by atoms with Crippen molar-refractivity contribution in [2.45, 2.75) is 64.4 Å². The molecule has 0 unspecified atom stereocenters. The summed E-state index contributed by atoms with van der Waals surface area (Å²) in [6.07, 6.45) is 18.2. The van der Waals surface area contributed by atoms with E-state index in [2.05, 4.69) is 6.92 Å². The normalized spacial score (nSPS) is 13.7. The molecule has 0 heterocycles. The van der Waals surface area contributed by atoms with Gasteiger partial charge in [0.25, 0.3) is 0 Å². The van der Waals surface area contributed by atoms with Crippen molar-refractivity contribution < 1.29 is 15.0 Å². The topological polar surface area (TPSA) is 57.5 Å². The molecule has 0 amide bonds. The number of hydrogen-bond donors (Lipinski definition) is 2. The third-order valence-electron chi connectivity index (χ3n) is 2.88. The van der Waals surface area contributed by atoms with Crippen LogP contribution in [0.15, 0.2) is 36.5 Å². The molecule has 0 fully saturated rings. The molecule has 0 saturated carbocycles. The van der Waals surface area contributed by atoms with Crippen LogP contribution < -0.4 is 0 Å². The van der Waals surface area contributed by atoms with Gasteiger partial charge in [-0.05, 0) is 25.7 Å². The van der Waals surface area contributed by atoms with Gasteiger partial charge in [-0.1, -0.05) is 62.6 Å². The highest BCUT2D eigenvalue weighted by Crippen LogP contribution is 2.04. The SMILES string of the molecule is CCCCC[C@H](O)/C=C/C=CC/C=C\CCCC(=O)O. The summed E-state index contributed by atoms with van der Waals surface area (Å²) in [6, 6.07) is 0. The Bertz CT molecular complexity index is 316. The van der Waals surface area contributed by atoms with E-state index in [0.717, 1.165) is 25.7 Å². The maximum atomic E-state index is 10.3. The predicted octanol–water partition coefficient (Wildman–Crippen LogP) is 4.24. The molecule has 2 N–H and O–H groups in total. The lowest BCUT2D eigenvalue weighted by atomic mass is 10.1. The third-order valence-corrected chi connectivity index (χ3v) is 2.88. The van der Waals surface area contributed by atoms with Crippen molar-refractivity contribution in [2.75, 3.05) is 0 Å². The van der Waals surface area contributed by atoms with Crippen LogP contribution in [0, 0.1) is 0 Å². The number of unbranched alkanes of at least 4 members (excludes halogenated alkanes) is 3. The van der Waals surface area contributed by atoms with Crippen LogP contribution in [0.5, 0.6) is 0 Å². The van der Waals surface area contributed by atoms with Gasteiger partial charge in [-0.3, -0.25) is 4.79 Å². The summed E-state index contributed by atoms with van der Waals surface area (Å²) in [7, 11) is 0. The molecule has 0 aromatic rings. The van der Waals surface area contributed by atoms with Gasteiger partial charge < -0.3 is 10.2 Å². The number of allylic oxidation sites excluding steroid dienone is 5. The predicted molar refractivity (Wildman–Crippen MR) is 83.7 cm³/mol. The average molecular weight is 280 g/mol. The Morgan fingerprint density at radius 3 is 2.60 bits per heavy atom. The molecule has 0 rings (SSSR count). The summed E-state index contributed by atoms with van der Waals surface area (Å²) in [4.78, 5) is 10.3. The zero-order chi connectivity index (χ0) is 15.1. The zero-order valence-electron chi connectivity index (χ0n) is 12.5. The highest BCUT2D eigenvalue weighted by atomic mass is 16.4. The smallest absolute Gasteiger partial charge is 0.303 e. The minimum Gasteiger partial charge on any atom is -0.481 e. The van der Waals surface area contributed by atoms with E-state index in [9.17, 15) is 9.90 Å². The maximum Gasteiger partial charge on any atom is 0.303 e. The van der Waals surface area contributed by atoms with Crippen molar-refractivity contribution in [3.05, 3.63) is 36.5 Å². The summed E-state index contributed by atoms with van der Waals surface area (Å²) >= 11 is 0. The van der Waals surface area contributed by atoms with Crippen LogP contribution in [0.4, 0.5) is 0 Å². The fraction of sp³-hybridized carbons (Fsp3) is 0.588. The molecule has 0 spiro atoms. The lowest BCUT2D eigenvalue weighted by Gasteiger charge is -2.02. The van der Waals surface area contributed by atoms with Crippen LogP contribution in [0.3, 0.4) is 0 Å². The molecule has 0 aliphatic carbocycles. The highest BCUT2D eigenvalue weighted by molar-refractivity contribution is 5.66. The van der Waals surface area contributed by atoms with Crippen LogP contribution in [0.2, 0.25) is 0 Å². The number of hydrogen-bond acceptors (Lipinski definition) is 2. The minimum atomic E-state index is -0.735. The van der Waals surface area contributed by atoms with E-state index in [1.807, 2.05) is 36.5 Å². The Hall–Kier alpha value is -1.35. The van der Waals surface area contributed by atoms with Crippen LogP contribution in [0.1, 0.15) is 58.3 Å². The molecular weight excluding hydrogens is 252 g/mol. The number of rotatable bonds is 12. The lowest BCUT2D eigenvalue weighted by Crippen LogP contribution is -2.00. The van der Waals surface area contributed by atoms with E-state index in [4.69, 9.17) is 5.11 Å². The van der Waals surface area contributed by atoms with Gasteiger partial charge in [-0.15, -0.1) is 0 Å². The molecule has 114 valence electrons. The third kappa shape index (κ3) is 14.7. The van der Waals surface area contributed by atoms with Gasteiger partial charge >= 0.3 is 5.97 Å². The first-order valence-corrected chi connectivity index (χ1v) is 7.55. The van der Waals surface area contributed by atoms with Gasteiger partial charge in [0.05, 0.1) is 6.10 Å². The molecule has 0 bridgehead atoms. The number of carboxylic acids is 1. The quantitative estimate of drug-likeness (QED) is 0.319. The molecule has 20 heavy (non-hydrogen) atoms. The Morgan fingerprint density at radius 2 is 1.90 bits per heavy atom. The average Bonchev–Trinajstić information content (AvgIpc) is 2.41. The van der Waals surface area contributed by atoms with Crippen LogP contribution in [0.25, 0.3) is 0 Å². The number of aliphatic hydroxyl groups is 1. The molecule has 0 aliphatic rings. The summed E-state index contributed by atoms with van der Waals surface area (Å²) in [5.74, 6) is -0.735. The summed E-state index contributed by atoms with van der Waals surface area (Å²) in [6.45, 7) is 2.15. The minimum absolute atomic E-state index is 0.235. The Kier molecular flexibility index (Phi) is 13.1. The van der Waals surface area contributed by atoms with E-state index >= 15 is 0 Å². The molecule has 3 heteroatoms. The Morgan fingerprint density at radius 1 is 1.10 bits per heavy atom. The van der Waals surface area contributed by atoms with Crippen LogP contribution in [-0.4, -0.2) is 22.3 Å². The van der Waals surface area contributed by atoms with Gasteiger partial charge in [-0.2, -0.15) is 0 Å². The van der Waals surface area contributed by atoms with Crippen molar-refractivity contribution in [1.29, 1.82) is 0 Å². The molecule has 0 saturated heterocycles. The van der Waals surface area contributed by atoms with E-state index in [0.29, 0.717) is 6.42 Å². The number of carbonyl (C=O) groups is 1. The van der Waals surface area contributed by atoms with Crippen molar-refractivity contribution in [3.63, 3.8) is 0 Å². The highest BCUT2D eigenvalue weighted by Gasteiger charge is 1.96. The summed E-state index contributed by atoms with van der Waals surface area (Å²) in [5, 5.41) is 18.1. The standard InChI is InChI=1S/C17H28O3/c1-2-3-10-13-16(18)14-11-8-6-4-5-7-9-12-15-17(19)20/h5-8,11,14,16,18H,2-4,9-10,12-13,15H2,1H3,(H,19,20)/b7-5-,8-6?,14-11+/t16-/m0/s1.